The first-order valence-corrected chi connectivity index (χ1v) is 15.7. The molecule has 0 aliphatic rings. The third-order valence-corrected chi connectivity index (χ3v) is 7.97. The van der Waals surface area contributed by atoms with E-state index in [9.17, 15) is 4.79 Å². The number of rotatable bonds is 20. The molecule has 2 aromatic carbocycles. The summed E-state index contributed by atoms with van der Waals surface area (Å²) in [4.78, 5) is 13.2. The van der Waals surface area contributed by atoms with Gasteiger partial charge in [0, 0.05) is 4.90 Å². The fraction of sp³-hybridized carbons (Fsp3) is 0.606. The van der Waals surface area contributed by atoms with Crippen molar-refractivity contribution in [2.45, 2.75) is 135 Å². The Balaban J connectivity index is 1.43. The second-order valence-corrected chi connectivity index (χ2v) is 11.4. The molecule has 0 spiro atoms. The third kappa shape index (κ3) is 15.2. The van der Waals surface area contributed by atoms with E-state index in [1.54, 1.807) is 0 Å². The van der Waals surface area contributed by atoms with Crippen LogP contribution in [-0.2, 0) is 6.42 Å². The van der Waals surface area contributed by atoms with Crippen molar-refractivity contribution in [1.29, 1.82) is 0 Å². The lowest BCUT2D eigenvalue weighted by atomic mass is 10.0. The summed E-state index contributed by atoms with van der Waals surface area (Å²) in [6, 6.07) is 14.1. The normalized spacial score (nSPS) is 11.0. The van der Waals surface area contributed by atoms with Gasteiger partial charge in [0.15, 0.2) is 0 Å². The first-order valence-electron chi connectivity index (χ1n) is 14.9. The summed E-state index contributed by atoms with van der Waals surface area (Å²) in [5.74, 6) is 0.578. The van der Waals surface area contributed by atoms with Crippen LogP contribution in [0.5, 0.6) is 5.75 Å². The number of nitrogens with one attached hydrogen (secondary N) is 1. The molecular formula is C33H51NO2S. The molecule has 0 unspecified atom stereocenters. The molecule has 0 saturated carbocycles. The molecule has 0 radical (unpaired) electrons. The Morgan fingerprint density at radius 2 is 1.22 bits per heavy atom. The van der Waals surface area contributed by atoms with Gasteiger partial charge in [0.05, 0.1) is 0 Å². The first-order chi connectivity index (χ1) is 18.1. The van der Waals surface area contributed by atoms with E-state index in [-0.39, 0.29) is 0 Å². The summed E-state index contributed by atoms with van der Waals surface area (Å²) in [6.45, 7) is 6.39. The van der Waals surface area contributed by atoms with E-state index in [2.05, 4.69) is 36.8 Å². The standard InChI is InChI=1S/C33H51NO2S/c1-4-5-6-7-8-9-10-11-12-13-14-15-16-17-18-19-20-30-22-24-31(25-23-30)36-33(35)34-37-32-26-21-28(2)27-29(32)3/h21-27H,4-20H2,1-3H3,(H,34,35). The van der Waals surface area contributed by atoms with Crippen LogP contribution in [0.1, 0.15) is 126 Å². The van der Waals surface area contributed by atoms with Crippen LogP contribution in [-0.4, -0.2) is 6.09 Å². The van der Waals surface area contributed by atoms with Crippen molar-refractivity contribution in [3.63, 3.8) is 0 Å². The van der Waals surface area contributed by atoms with Gasteiger partial charge < -0.3 is 4.74 Å². The highest BCUT2D eigenvalue weighted by Gasteiger charge is 2.07. The smallest absolute Gasteiger partial charge is 0.410 e. The molecule has 0 fully saturated rings. The van der Waals surface area contributed by atoms with Crippen LogP contribution in [0.25, 0.3) is 0 Å². The largest absolute Gasteiger partial charge is 0.422 e. The molecule has 2 rings (SSSR count). The van der Waals surface area contributed by atoms with Gasteiger partial charge in [-0.05, 0) is 68.0 Å². The summed E-state index contributed by atoms with van der Waals surface area (Å²) in [5.41, 5.74) is 3.66. The molecule has 1 N–H and O–H groups in total. The monoisotopic (exact) mass is 525 g/mol. The van der Waals surface area contributed by atoms with Crippen LogP contribution in [0.15, 0.2) is 47.4 Å². The van der Waals surface area contributed by atoms with Gasteiger partial charge in [0.25, 0.3) is 0 Å². The Morgan fingerprint density at radius 1 is 0.703 bits per heavy atom. The molecule has 0 atom stereocenters. The number of ether oxygens (including phenoxy) is 1. The third-order valence-electron chi connectivity index (χ3n) is 7.03. The number of benzene rings is 2. The molecule has 0 aliphatic heterocycles. The topological polar surface area (TPSA) is 38.3 Å². The number of unbranched alkanes of at least 4 members (excludes halogenated alkanes) is 15. The SMILES string of the molecule is CCCCCCCCCCCCCCCCCCc1ccc(OC(=O)NSc2ccc(C)cc2C)cc1. The fourth-order valence-corrected chi connectivity index (χ4v) is 5.33. The van der Waals surface area contributed by atoms with E-state index in [0.717, 1.165) is 16.9 Å². The number of hydrogen-bond donors (Lipinski definition) is 1. The predicted molar refractivity (Wildman–Crippen MR) is 161 cm³/mol. The zero-order valence-corrected chi connectivity index (χ0v) is 24.6. The van der Waals surface area contributed by atoms with Gasteiger partial charge >= 0.3 is 6.09 Å². The summed E-state index contributed by atoms with van der Waals surface area (Å²) in [6.07, 6.45) is 23.0. The lowest BCUT2D eigenvalue weighted by Crippen LogP contribution is -2.20. The molecular weight excluding hydrogens is 474 g/mol. The molecule has 0 aromatic heterocycles. The number of amides is 1. The maximum atomic E-state index is 12.1. The minimum Gasteiger partial charge on any atom is -0.410 e. The second kappa shape index (κ2) is 20.1. The highest BCUT2D eigenvalue weighted by Crippen LogP contribution is 2.21. The molecule has 0 aliphatic carbocycles. The molecule has 2 aromatic rings. The predicted octanol–water partition coefficient (Wildman–Crippen LogP) is 10.9. The van der Waals surface area contributed by atoms with Crippen LogP contribution in [0, 0.1) is 13.8 Å². The Bertz CT molecular complexity index is 865. The molecule has 0 heterocycles. The van der Waals surface area contributed by atoms with E-state index in [0.29, 0.717) is 5.75 Å². The van der Waals surface area contributed by atoms with E-state index < -0.39 is 6.09 Å². The van der Waals surface area contributed by atoms with E-state index in [4.69, 9.17) is 4.74 Å². The quantitative estimate of drug-likeness (QED) is 0.138. The van der Waals surface area contributed by atoms with Crippen LogP contribution in [0.2, 0.25) is 0 Å². The summed E-state index contributed by atoms with van der Waals surface area (Å²) in [7, 11) is 0. The van der Waals surface area contributed by atoms with Gasteiger partial charge in [-0.25, -0.2) is 4.79 Å². The fourth-order valence-electron chi connectivity index (χ4n) is 4.74. The van der Waals surface area contributed by atoms with Crippen LogP contribution >= 0.6 is 11.9 Å². The average Bonchev–Trinajstić information content (AvgIpc) is 2.89. The van der Waals surface area contributed by atoms with Crippen LogP contribution in [0.4, 0.5) is 4.79 Å². The van der Waals surface area contributed by atoms with Crippen molar-refractivity contribution < 1.29 is 9.53 Å². The van der Waals surface area contributed by atoms with Crippen molar-refractivity contribution in [3.05, 3.63) is 59.2 Å². The summed E-state index contributed by atoms with van der Waals surface area (Å²) >= 11 is 1.29. The highest BCUT2D eigenvalue weighted by atomic mass is 32.2. The zero-order chi connectivity index (χ0) is 26.6. The minimum atomic E-state index is -0.449. The Morgan fingerprint density at radius 3 is 1.73 bits per heavy atom. The molecule has 1 amide bonds. The molecule has 0 saturated heterocycles. The number of carbonyl (C=O) groups is 1. The number of carbonyl (C=O) groups excluding carboxylic acids is 1. The summed E-state index contributed by atoms with van der Waals surface area (Å²) in [5, 5.41) is 0. The van der Waals surface area contributed by atoms with Crippen molar-refractivity contribution in [2.75, 3.05) is 0 Å². The molecule has 37 heavy (non-hydrogen) atoms. The van der Waals surface area contributed by atoms with Gasteiger partial charge in [0.2, 0.25) is 0 Å². The molecule has 4 heteroatoms. The van der Waals surface area contributed by atoms with Gasteiger partial charge in [0.1, 0.15) is 5.75 Å². The van der Waals surface area contributed by atoms with E-state index >= 15 is 0 Å². The van der Waals surface area contributed by atoms with E-state index in [1.165, 1.54) is 126 Å². The lowest BCUT2D eigenvalue weighted by molar-refractivity contribution is 0.207. The minimum absolute atomic E-state index is 0.449. The van der Waals surface area contributed by atoms with Crippen LogP contribution in [0.3, 0.4) is 0 Å². The van der Waals surface area contributed by atoms with Gasteiger partial charge in [-0.1, -0.05) is 133 Å². The number of hydrogen-bond acceptors (Lipinski definition) is 3. The van der Waals surface area contributed by atoms with E-state index in [1.807, 2.05) is 31.2 Å². The maximum absolute atomic E-state index is 12.1. The van der Waals surface area contributed by atoms with Crippen molar-refractivity contribution >= 4 is 18.0 Å². The second-order valence-electron chi connectivity index (χ2n) is 10.6. The van der Waals surface area contributed by atoms with Gasteiger partial charge in [-0.15, -0.1) is 0 Å². The molecule has 206 valence electrons. The first kappa shape index (κ1) is 31.3. The zero-order valence-electron chi connectivity index (χ0n) is 23.8. The van der Waals surface area contributed by atoms with Gasteiger partial charge in [-0.2, -0.15) is 0 Å². The molecule has 0 bridgehead atoms. The maximum Gasteiger partial charge on any atom is 0.422 e. The highest BCUT2D eigenvalue weighted by molar-refractivity contribution is 7.98. The number of aryl methyl sites for hydroxylation is 3. The van der Waals surface area contributed by atoms with Crippen molar-refractivity contribution in [3.8, 4) is 5.75 Å². The van der Waals surface area contributed by atoms with Crippen molar-refractivity contribution in [2.24, 2.45) is 0 Å². The molecule has 3 nitrogen and oxygen atoms in total. The average molecular weight is 526 g/mol. The summed E-state index contributed by atoms with van der Waals surface area (Å²) < 4.78 is 8.18. The van der Waals surface area contributed by atoms with Crippen molar-refractivity contribution in [1.82, 2.24) is 4.72 Å². The Kier molecular flexibility index (Phi) is 17.0. The van der Waals surface area contributed by atoms with Gasteiger partial charge in [-0.3, -0.25) is 4.72 Å². The Labute approximate surface area is 231 Å². The Hall–Kier alpha value is -1.94. The van der Waals surface area contributed by atoms with Crippen LogP contribution < -0.4 is 9.46 Å². The lowest BCUT2D eigenvalue weighted by Gasteiger charge is -2.09.